The molecule has 0 bridgehead atoms. The summed E-state index contributed by atoms with van der Waals surface area (Å²) in [7, 11) is 0. The molecule has 0 aromatic heterocycles. The van der Waals surface area contributed by atoms with Crippen molar-refractivity contribution in [3.05, 3.63) is 29.8 Å². The quantitative estimate of drug-likeness (QED) is 0.643. The number of benzene rings is 1. The minimum atomic E-state index is -0.175. The van der Waals surface area contributed by atoms with Gasteiger partial charge in [0.2, 0.25) is 0 Å². The van der Waals surface area contributed by atoms with Crippen molar-refractivity contribution in [1.29, 1.82) is 0 Å². The van der Waals surface area contributed by atoms with E-state index in [0.717, 1.165) is 17.9 Å². The van der Waals surface area contributed by atoms with Crippen LogP contribution in [0.15, 0.2) is 24.3 Å². The molecule has 3 nitrogen and oxygen atoms in total. The fourth-order valence-corrected chi connectivity index (χ4v) is 2.54. The zero-order valence-corrected chi connectivity index (χ0v) is 10.7. The highest BCUT2D eigenvalue weighted by molar-refractivity contribution is 5.74. The SMILES string of the molecule is Nc1ccccc1CC(=O)OCCC1CCCC1. The number of para-hydroxylation sites is 1. The highest BCUT2D eigenvalue weighted by Crippen LogP contribution is 2.27. The van der Waals surface area contributed by atoms with Crippen molar-refractivity contribution in [3.63, 3.8) is 0 Å². The predicted octanol–water partition coefficient (Wildman–Crippen LogP) is 2.93. The number of nitrogens with two attached hydrogens (primary N) is 1. The largest absolute Gasteiger partial charge is 0.465 e. The Hall–Kier alpha value is -1.51. The third-order valence-corrected chi connectivity index (χ3v) is 3.65. The standard InChI is InChI=1S/C15H21NO2/c16-14-8-4-3-7-13(14)11-15(17)18-10-9-12-5-1-2-6-12/h3-4,7-8,12H,1-2,5-6,9-11,16H2. The molecule has 0 radical (unpaired) electrons. The summed E-state index contributed by atoms with van der Waals surface area (Å²) in [6, 6.07) is 7.43. The first-order valence-electron chi connectivity index (χ1n) is 6.74. The number of esters is 1. The van der Waals surface area contributed by atoms with Crippen LogP contribution in [0, 0.1) is 5.92 Å². The summed E-state index contributed by atoms with van der Waals surface area (Å²) in [6.45, 7) is 0.552. The second-order valence-electron chi connectivity index (χ2n) is 5.04. The van der Waals surface area contributed by atoms with E-state index in [4.69, 9.17) is 10.5 Å². The fraction of sp³-hybridized carbons (Fsp3) is 0.533. The minimum Gasteiger partial charge on any atom is -0.465 e. The average Bonchev–Trinajstić information content (AvgIpc) is 2.85. The number of hydrogen-bond donors (Lipinski definition) is 1. The van der Waals surface area contributed by atoms with Gasteiger partial charge in [-0.25, -0.2) is 0 Å². The first-order chi connectivity index (χ1) is 8.75. The molecule has 18 heavy (non-hydrogen) atoms. The van der Waals surface area contributed by atoms with Crippen molar-refractivity contribution >= 4 is 11.7 Å². The Morgan fingerprint density at radius 2 is 2.00 bits per heavy atom. The van der Waals surface area contributed by atoms with E-state index in [-0.39, 0.29) is 12.4 Å². The second-order valence-corrected chi connectivity index (χ2v) is 5.04. The van der Waals surface area contributed by atoms with Crippen molar-refractivity contribution < 1.29 is 9.53 Å². The van der Waals surface area contributed by atoms with Gasteiger partial charge in [-0.15, -0.1) is 0 Å². The summed E-state index contributed by atoms with van der Waals surface area (Å²) in [5.41, 5.74) is 7.30. The highest BCUT2D eigenvalue weighted by Gasteiger charge is 2.15. The van der Waals surface area contributed by atoms with Gasteiger partial charge in [-0.05, 0) is 24.0 Å². The Kier molecular flexibility index (Phi) is 4.62. The molecule has 1 saturated carbocycles. The number of rotatable bonds is 5. The van der Waals surface area contributed by atoms with Crippen LogP contribution in [-0.2, 0) is 16.0 Å². The second kappa shape index (κ2) is 6.43. The number of carbonyl (C=O) groups excluding carboxylic acids is 1. The van der Waals surface area contributed by atoms with Gasteiger partial charge in [0.05, 0.1) is 13.0 Å². The Bertz CT molecular complexity index is 397. The Morgan fingerprint density at radius 1 is 1.28 bits per heavy atom. The third kappa shape index (κ3) is 3.76. The molecule has 2 N–H and O–H groups in total. The summed E-state index contributed by atoms with van der Waals surface area (Å²) in [5, 5.41) is 0. The van der Waals surface area contributed by atoms with Gasteiger partial charge in [0.15, 0.2) is 0 Å². The van der Waals surface area contributed by atoms with Crippen LogP contribution in [0.2, 0.25) is 0 Å². The van der Waals surface area contributed by atoms with Crippen LogP contribution in [0.1, 0.15) is 37.7 Å². The predicted molar refractivity (Wildman–Crippen MR) is 72.1 cm³/mol. The monoisotopic (exact) mass is 247 g/mol. The van der Waals surface area contributed by atoms with Crippen LogP contribution in [0.4, 0.5) is 5.69 Å². The molecule has 0 heterocycles. The molecule has 0 saturated heterocycles. The van der Waals surface area contributed by atoms with Crippen LogP contribution in [-0.4, -0.2) is 12.6 Å². The first kappa shape index (κ1) is 12.9. The van der Waals surface area contributed by atoms with E-state index < -0.39 is 0 Å². The summed E-state index contributed by atoms with van der Waals surface area (Å²) < 4.78 is 5.27. The highest BCUT2D eigenvalue weighted by atomic mass is 16.5. The molecule has 0 spiro atoms. The molecule has 0 aliphatic heterocycles. The maximum atomic E-state index is 11.7. The van der Waals surface area contributed by atoms with Crippen molar-refractivity contribution in [3.8, 4) is 0 Å². The van der Waals surface area contributed by atoms with Gasteiger partial charge in [-0.2, -0.15) is 0 Å². The fourth-order valence-electron chi connectivity index (χ4n) is 2.54. The normalized spacial score (nSPS) is 15.8. The molecule has 0 unspecified atom stereocenters. The van der Waals surface area contributed by atoms with Crippen molar-refractivity contribution in [2.75, 3.05) is 12.3 Å². The van der Waals surface area contributed by atoms with Gasteiger partial charge in [0.25, 0.3) is 0 Å². The molecule has 1 aliphatic carbocycles. The summed E-state index contributed by atoms with van der Waals surface area (Å²) in [5.74, 6) is 0.588. The Morgan fingerprint density at radius 3 is 2.72 bits per heavy atom. The summed E-state index contributed by atoms with van der Waals surface area (Å²) in [6.07, 6.45) is 6.54. The lowest BCUT2D eigenvalue weighted by Gasteiger charge is -2.10. The Labute approximate surface area is 108 Å². The lowest BCUT2D eigenvalue weighted by atomic mass is 10.1. The zero-order chi connectivity index (χ0) is 12.8. The van der Waals surface area contributed by atoms with E-state index in [2.05, 4.69) is 0 Å². The molecule has 1 aromatic carbocycles. The van der Waals surface area contributed by atoms with E-state index >= 15 is 0 Å². The molecule has 1 aromatic rings. The van der Waals surface area contributed by atoms with E-state index in [1.54, 1.807) is 6.07 Å². The van der Waals surface area contributed by atoms with Gasteiger partial charge in [0, 0.05) is 5.69 Å². The molecule has 0 amide bonds. The molecule has 3 heteroatoms. The molecule has 1 fully saturated rings. The Balaban J connectivity index is 1.70. The maximum absolute atomic E-state index is 11.7. The van der Waals surface area contributed by atoms with Crippen molar-refractivity contribution in [2.24, 2.45) is 5.92 Å². The van der Waals surface area contributed by atoms with Crippen LogP contribution < -0.4 is 5.73 Å². The number of nitrogen functional groups attached to an aromatic ring is 1. The molecule has 0 atom stereocenters. The lowest BCUT2D eigenvalue weighted by Crippen LogP contribution is -2.12. The van der Waals surface area contributed by atoms with Gasteiger partial charge in [-0.3, -0.25) is 4.79 Å². The number of ether oxygens (including phenoxy) is 1. The minimum absolute atomic E-state index is 0.175. The molecular formula is C15H21NO2. The number of anilines is 1. The van der Waals surface area contributed by atoms with Crippen LogP contribution in [0.3, 0.4) is 0 Å². The third-order valence-electron chi connectivity index (χ3n) is 3.65. The summed E-state index contributed by atoms with van der Waals surface area (Å²) in [4.78, 5) is 11.7. The number of hydrogen-bond acceptors (Lipinski definition) is 3. The van der Waals surface area contributed by atoms with Gasteiger partial charge in [0.1, 0.15) is 0 Å². The van der Waals surface area contributed by atoms with Gasteiger partial charge < -0.3 is 10.5 Å². The number of carbonyl (C=O) groups is 1. The van der Waals surface area contributed by atoms with E-state index in [0.29, 0.717) is 12.3 Å². The van der Waals surface area contributed by atoms with E-state index in [1.807, 2.05) is 18.2 Å². The van der Waals surface area contributed by atoms with Crippen molar-refractivity contribution in [2.45, 2.75) is 38.5 Å². The molecule has 2 rings (SSSR count). The zero-order valence-electron chi connectivity index (χ0n) is 10.7. The molecule has 98 valence electrons. The van der Waals surface area contributed by atoms with Gasteiger partial charge >= 0.3 is 5.97 Å². The smallest absolute Gasteiger partial charge is 0.310 e. The summed E-state index contributed by atoms with van der Waals surface area (Å²) >= 11 is 0. The first-order valence-corrected chi connectivity index (χ1v) is 6.74. The van der Waals surface area contributed by atoms with Crippen molar-refractivity contribution in [1.82, 2.24) is 0 Å². The van der Waals surface area contributed by atoms with Gasteiger partial charge in [-0.1, -0.05) is 43.9 Å². The van der Waals surface area contributed by atoms with Crippen LogP contribution in [0.25, 0.3) is 0 Å². The average molecular weight is 247 g/mol. The van der Waals surface area contributed by atoms with E-state index in [9.17, 15) is 4.79 Å². The topological polar surface area (TPSA) is 52.3 Å². The maximum Gasteiger partial charge on any atom is 0.310 e. The van der Waals surface area contributed by atoms with Crippen LogP contribution in [0.5, 0.6) is 0 Å². The van der Waals surface area contributed by atoms with Crippen LogP contribution >= 0.6 is 0 Å². The molecule has 1 aliphatic rings. The van der Waals surface area contributed by atoms with E-state index in [1.165, 1.54) is 25.7 Å². The lowest BCUT2D eigenvalue weighted by molar-refractivity contribution is -0.143. The molecular weight excluding hydrogens is 226 g/mol.